The van der Waals surface area contributed by atoms with E-state index in [9.17, 15) is 4.79 Å². The fourth-order valence-corrected chi connectivity index (χ4v) is 4.45. The standard InChI is InChI=1S/C22H23N3OS/c1-16-21(27-15-23-16)22(26)25-12-6-9-18(14-25)20-11-5-10-19(24-20)13-17-7-3-2-4-8-17/h2-5,7-8,10-11,15,18H,6,9,12-14H2,1H3. The van der Waals surface area contributed by atoms with Gasteiger partial charge in [-0.15, -0.1) is 11.3 Å². The number of pyridine rings is 1. The smallest absolute Gasteiger partial charge is 0.265 e. The summed E-state index contributed by atoms with van der Waals surface area (Å²) in [5.74, 6) is 0.409. The zero-order chi connectivity index (χ0) is 18.6. The molecule has 1 aliphatic heterocycles. The SMILES string of the molecule is Cc1ncsc1C(=O)N1CCCC(c2cccc(Cc3ccccc3)n2)C1. The lowest BCUT2D eigenvalue weighted by molar-refractivity contribution is 0.0710. The summed E-state index contributed by atoms with van der Waals surface area (Å²) in [4.78, 5) is 24.7. The lowest BCUT2D eigenvalue weighted by Gasteiger charge is -2.32. The zero-order valence-corrected chi connectivity index (χ0v) is 16.3. The van der Waals surface area contributed by atoms with Gasteiger partial charge in [0.25, 0.3) is 5.91 Å². The third-order valence-corrected chi connectivity index (χ3v) is 6.04. The molecule has 1 unspecified atom stereocenters. The van der Waals surface area contributed by atoms with Gasteiger partial charge in [0.2, 0.25) is 0 Å². The summed E-state index contributed by atoms with van der Waals surface area (Å²) in [6, 6.07) is 16.7. The maximum atomic E-state index is 12.8. The highest BCUT2D eigenvalue weighted by molar-refractivity contribution is 7.11. The molecule has 0 spiro atoms. The summed E-state index contributed by atoms with van der Waals surface area (Å²) in [5.41, 5.74) is 6.03. The van der Waals surface area contributed by atoms with Gasteiger partial charge in [0.05, 0.1) is 11.2 Å². The van der Waals surface area contributed by atoms with Crippen molar-refractivity contribution in [3.63, 3.8) is 0 Å². The Morgan fingerprint density at radius 1 is 1.19 bits per heavy atom. The fourth-order valence-electron chi connectivity index (χ4n) is 3.68. The molecule has 3 heterocycles. The predicted octanol–water partition coefficient (Wildman–Crippen LogP) is 4.46. The number of benzene rings is 1. The van der Waals surface area contributed by atoms with E-state index in [0.29, 0.717) is 5.92 Å². The van der Waals surface area contributed by atoms with Crippen LogP contribution >= 0.6 is 11.3 Å². The largest absolute Gasteiger partial charge is 0.337 e. The minimum absolute atomic E-state index is 0.111. The van der Waals surface area contributed by atoms with Crippen molar-refractivity contribution >= 4 is 17.2 Å². The van der Waals surface area contributed by atoms with E-state index < -0.39 is 0 Å². The van der Waals surface area contributed by atoms with Gasteiger partial charge in [0, 0.05) is 36.8 Å². The second-order valence-electron chi connectivity index (χ2n) is 7.07. The Balaban J connectivity index is 1.49. The summed E-state index contributed by atoms with van der Waals surface area (Å²) in [6.45, 7) is 3.45. The number of thiazole rings is 1. The first-order chi connectivity index (χ1) is 13.2. The number of rotatable bonds is 4. The number of aryl methyl sites for hydroxylation is 1. The lowest BCUT2D eigenvalue weighted by atomic mass is 9.93. The molecule has 1 fully saturated rings. The van der Waals surface area contributed by atoms with Crippen LogP contribution in [0, 0.1) is 6.92 Å². The van der Waals surface area contributed by atoms with E-state index in [-0.39, 0.29) is 5.91 Å². The summed E-state index contributed by atoms with van der Waals surface area (Å²) in [6.07, 6.45) is 2.93. The van der Waals surface area contributed by atoms with Crippen LogP contribution in [-0.2, 0) is 6.42 Å². The van der Waals surface area contributed by atoms with Gasteiger partial charge in [-0.2, -0.15) is 0 Å². The molecule has 5 heteroatoms. The lowest BCUT2D eigenvalue weighted by Crippen LogP contribution is -2.39. The molecule has 4 nitrogen and oxygen atoms in total. The Morgan fingerprint density at radius 3 is 2.81 bits per heavy atom. The summed E-state index contributed by atoms with van der Waals surface area (Å²) < 4.78 is 0. The number of piperidine rings is 1. The van der Waals surface area contributed by atoms with Crippen LogP contribution in [0.5, 0.6) is 0 Å². The Hall–Kier alpha value is -2.53. The summed E-state index contributed by atoms with van der Waals surface area (Å²) >= 11 is 1.43. The maximum absolute atomic E-state index is 12.8. The number of hydrogen-bond acceptors (Lipinski definition) is 4. The molecule has 3 aromatic rings. The molecule has 1 amide bonds. The minimum atomic E-state index is 0.111. The minimum Gasteiger partial charge on any atom is -0.337 e. The molecular formula is C22H23N3OS. The monoisotopic (exact) mass is 377 g/mol. The van der Waals surface area contributed by atoms with E-state index in [1.807, 2.05) is 17.9 Å². The zero-order valence-electron chi connectivity index (χ0n) is 15.5. The van der Waals surface area contributed by atoms with Crippen LogP contribution in [0.1, 0.15) is 51.1 Å². The van der Waals surface area contributed by atoms with Gasteiger partial charge in [-0.3, -0.25) is 9.78 Å². The molecule has 138 valence electrons. The summed E-state index contributed by atoms with van der Waals surface area (Å²) in [7, 11) is 0. The van der Waals surface area contributed by atoms with Crippen LogP contribution in [0.2, 0.25) is 0 Å². The second-order valence-corrected chi connectivity index (χ2v) is 7.93. The Kier molecular flexibility index (Phi) is 5.30. The van der Waals surface area contributed by atoms with Crippen molar-refractivity contribution < 1.29 is 4.79 Å². The van der Waals surface area contributed by atoms with Crippen molar-refractivity contribution in [3.8, 4) is 0 Å². The first-order valence-electron chi connectivity index (χ1n) is 9.40. The molecule has 0 N–H and O–H groups in total. The van der Waals surface area contributed by atoms with Crippen molar-refractivity contribution in [2.45, 2.75) is 32.1 Å². The quantitative estimate of drug-likeness (QED) is 0.674. The van der Waals surface area contributed by atoms with E-state index in [0.717, 1.165) is 54.3 Å². The number of amides is 1. The van der Waals surface area contributed by atoms with Crippen LogP contribution in [-0.4, -0.2) is 33.9 Å². The topological polar surface area (TPSA) is 46.1 Å². The van der Waals surface area contributed by atoms with Crippen molar-refractivity contribution in [3.05, 3.63) is 81.6 Å². The van der Waals surface area contributed by atoms with Gasteiger partial charge < -0.3 is 4.90 Å². The average molecular weight is 378 g/mol. The van der Waals surface area contributed by atoms with Crippen molar-refractivity contribution in [1.29, 1.82) is 0 Å². The maximum Gasteiger partial charge on any atom is 0.265 e. The van der Waals surface area contributed by atoms with Gasteiger partial charge in [0.1, 0.15) is 4.88 Å². The molecule has 1 aliphatic rings. The number of nitrogens with zero attached hydrogens (tertiary/aromatic N) is 3. The van der Waals surface area contributed by atoms with Crippen LogP contribution in [0.25, 0.3) is 0 Å². The van der Waals surface area contributed by atoms with Gasteiger partial charge in [-0.1, -0.05) is 36.4 Å². The Labute approximate surface area is 163 Å². The highest BCUT2D eigenvalue weighted by Gasteiger charge is 2.27. The van der Waals surface area contributed by atoms with E-state index in [2.05, 4.69) is 47.4 Å². The average Bonchev–Trinajstić information content (AvgIpc) is 3.14. The molecule has 1 saturated heterocycles. The normalized spacial score (nSPS) is 17.1. The summed E-state index contributed by atoms with van der Waals surface area (Å²) in [5, 5.41) is 0. The first kappa shape index (κ1) is 17.9. The third kappa shape index (κ3) is 4.08. The van der Waals surface area contributed by atoms with Crippen molar-refractivity contribution in [2.24, 2.45) is 0 Å². The fraction of sp³-hybridized carbons (Fsp3) is 0.318. The molecular weight excluding hydrogens is 354 g/mol. The molecule has 1 atom stereocenters. The number of hydrogen-bond donors (Lipinski definition) is 0. The van der Waals surface area contributed by atoms with Crippen molar-refractivity contribution in [1.82, 2.24) is 14.9 Å². The van der Waals surface area contributed by atoms with E-state index in [1.165, 1.54) is 16.9 Å². The number of likely N-dealkylation sites (tertiary alicyclic amines) is 1. The molecule has 1 aromatic carbocycles. The van der Waals surface area contributed by atoms with Gasteiger partial charge in [-0.25, -0.2) is 4.98 Å². The third-order valence-electron chi connectivity index (χ3n) is 5.12. The predicted molar refractivity (Wildman–Crippen MR) is 108 cm³/mol. The van der Waals surface area contributed by atoms with Crippen molar-refractivity contribution in [2.75, 3.05) is 13.1 Å². The Morgan fingerprint density at radius 2 is 2.04 bits per heavy atom. The number of carbonyl (C=O) groups excluding carboxylic acids is 1. The van der Waals surface area contributed by atoms with E-state index in [4.69, 9.17) is 4.98 Å². The highest BCUT2D eigenvalue weighted by Crippen LogP contribution is 2.28. The number of carbonyl (C=O) groups is 1. The molecule has 0 bridgehead atoms. The van der Waals surface area contributed by atoms with Crippen LogP contribution < -0.4 is 0 Å². The van der Waals surface area contributed by atoms with Gasteiger partial charge in [-0.05, 0) is 37.5 Å². The van der Waals surface area contributed by atoms with E-state index in [1.54, 1.807) is 5.51 Å². The second kappa shape index (κ2) is 8.01. The molecule has 0 aliphatic carbocycles. The van der Waals surface area contributed by atoms with Gasteiger partial charge >= 0.3 is 0 Å². The molecule has 4 rings (SSSR count). The molecule has 2 aromatic heterocycles. The van der Waals surface area contributed by atoms with E-state index >= 15 is 0 Å². The Bertz CT molecular complexity index is 922. The number of aromatic nitrogens is 2. The first-order valence-corrected chi connectivity index (χ1v) is 10.3. The van der Waals surface area contributed by atoms with Crippen LogP contribution in [0.3, 0.4) is 0 Å². The van der Waals surface area contributed by atoms with Gasteiger partial charge in [0.15, 0.2) is 0 Å². The van der Waals surface area contributed by atoms with Crippen LogP contribution in [0.15, 0.2) is 54.0 Å². The molecule has 0 radical (unpaired) electrons. The molecule has 0 saturated carbocycles. The molecule has 27 heavy (non-hydrogen) atoms. The highest BCUT2D eigenvalue weighted by atomic mass is 32.1. The van der Waals surface area contributed by atoms with Crippen LogP contribution in [0.4, 0.5) is 0 Å².